The number of hydrogen-bond acceptors (Lipinski definition) is 8. The number of methoxy groups -OCH3 is 2. The maximum Gasteiger partial charge on any atom is 0.357 e. The highest BCUT2D eigenvalue weighted by atomic mass is 16.6. The Kier molecular flexibility index (Phi) is 6.98. The predicted molar refractivity (Wildman–Crippen MR) is 99.9 cm³/mol. The molecule has 1 fully saturated rings. The number of carbonyl (C=O) groups is 2. The molecule has 1 aliphatic heterocycles. The van der Waals surface area contributed by atoms with Gasteiger partial charge in [0.15, 0.2) is 5.69 Å². The number of aromatic nitrogens is 2. The van der Waals surface area contributed by atoms with E-state index in [-0.39, 0.29) is 11.7 Å². The van der Waals surface area contributed by atoms with Crippen LogP contribution < -0.4 is 9.64 Å². The van der Waals surface area contributed by atoms with Crippen LogP contribution in [0.4, 0.5) is 5.95 Å². The van der Waals surface area contributed by atoms with Crippen LogP contribution in [0.2, 0.25) is 0 Å². The number of anilines is 1. The number of piperidine rings is 1. The van der Waals surface area contributed by atoms with Gasteiger partial charge in [-0.3, -0.25) is 4.79 Å². The van der Waals surface area contributed by atoms with Gasteiger partial charge in [0.05, 0.1) is 14.2 Å². The lowest BCUT2D eigenvalue weighted by Crippen LogP contribution is -2.35. The van der Waals surface area contributed by atoms with Crippen molar-refractivity contribution in [3.63, 3.8) is 0 Å². The van der Waals surface area contributed by atoms with Crippen molar-refractivity contribution in [2.45, 2.75) is 52.1 Å². The summed E-state index contributed by atoms with van der Waals surface area (Å²) < 4.78 is 15.3. The first kappa shape index (κ1) is 20.9. The van der Waals surface area contributed by atoms with E-state index in [1.165, 1.54) is 20.3 Å². The number of rotatable bonds is 6. The summed E-state index contributed by atoms with van der Waals surface area (Å²) in [6, 6.07) is 1.46. The van der Waals surface area contributed by atoms with Gasteiger partial charge in [0.2, 0.25) is 11.8 Å². The van der Waals surface area contributed by atoms with Gasteiger partial charge < -0.3 is 19.1 Å². The van der Waals surface area contributed by atoms with E-state index in [1.807, 2.05) is 25.7 Å². The van der Waals surface area contributed by atoms with Gasteiger partial charge in [0.25, 0.3) is 0 Å². The lowest BCUT2D eigenvalue weighted by molar-refractivity contribution is -0.155. The number of nitrogens with zero attached hydrogens (tertiary/aromatic N) is 3. The Morgan fingerprint density at radius 2 is 1.85 bits per heavy atom. The van der Waals surface area contributed by atoms with Crippen molar-refractivity contribution in [1.82, 2.24) is 9.97 Å². The normalized spacial score (nSPS) is 15.4. The van der Waals surface area contributed by atoms with Crippen LogP contribution in [-0.2, 0) is 14.3 Å². The summed E-state index contributed by atoms with van der Waals surface area (Å²) in [5.74, 6) is 0.570. The summed E-state index contributed by atoms with van der Waals surface area (Å²) in [6.07, 6.45) is 3.10. The molecule has 2 heterocycles. The Balaban J connectivity index is 1.92. The van der Waals surface area contributed by atoms with E-state index in [1.54, 1.807) is 0 Å². The van der Waals surface area contributed by atoms with Crippen LogP contribution in [0, 0.1) is 5.92 Å². The van der Waals surface area contributed by atoms with Crippen LogP contribution in [0.5, 0.6) is 5.88 Å². The van der Waals surface area contributed by atoms with Crippen LogP contribution in [0.25, 0.3) is 0 Å². The molecule has 1 saturated heterocycles. The predicted octanol–water partition coefficient (Wildman–Crippen LogP) is 2.61. The minimum absolute atomic E-state index is 0.149. The average Bonchev–Trinajstić information content (AvgIpc) is 2.64. The Bertz CT molecular complexity index is 664. The Morgan fingerprint density at radius 3 is 2.41 bits per heavy atom. The molecule has 0 N–H and O–H groups in total. The first-order valence-electron chi connectivity index (χ1n) is 9.20. The van der Waals surface area contributed by atoms with Crippen molar-refractivity contribution in [2.75, 3.05) is 32.2 Å². The molecule has 0 radical (unpaired) electrons. The van der Waals surface area contributed by atoms with Gasteiger partial charge in [-0.05, 0) is 46.0 Å². The van der Waals surface area contributed by atoms with Crippen LogP contribution >= 0.6 is 0 Å². The molecule has 0 spiro atoms. The monoisotopic (exact) mass is 379 g/mol. The molecule has 1 aliphatic rings. The minimum atomic E-state index is -0.524. The van der Waals surface area contributed by atoms with E-state index < -0.39 is 11.6 Å². The van der Waals surface area contributed by atoms with Crippen molar-refractivity contribution < 1.29 is 23.8 Å². The SMILES string of the molecule is COC(=O)c1cc(OC)nc(N2CCC(CCC(=O)OC(C)(C)C)CC2)n1. The molecule has 0 atom stereocenters. The van der Waals surface area contributed by atoms with E-state index in [2.05, 4.69) is 9.97 Å². The smallest absolute Gasteiger partial charge is 0.357 e. The van der Waals surface area contributed by atoms with Gasteiger partial charge >= 0.3 is 11.9 Å². The number of hydrogen-bond donors (Lipinski definition) is 0. The molecule has 1 aromatic rings. The summed E-state index contributed by atoms with van der Waals surface area (Å²) >= 11 is 0. The fourth-order valence-corrected chi connectivity index (χ4v) is 3.00. The summed E-state index contributed by atoms with van der Waals surface area (Å²) in [5.41, 5.74) is -0.270. The second-order valence-electron chi connectivity index (χ2n) is 7.64. The molecular weight excluding hydrogens is 350 g/mol. The lowest BCUT2D eigenvalue weighted by atomic mass is 9.92. The van der Waals surface area contributed by atoms with Gasteiger partial charge in [-0.15, -0.1) is 0 Å². The zero-order valence-electron chi connectivity index (χ0n) is 16.8. The second kappa shape index (κ2) is 9.01. The Labute approximate surface area is 160 Å². The molecule has 0 aliphatic carbocycles. The zero-order valence-corrected chi connectivity index (χ0v) is 16.8. The molecule has 0 amide bonds. The maximum absolute atomic E-state index is 11.9. The summed E-state index contributed by atoms with van der Waals surface area (Å²) in [4.78, 5) is 34.3. The molecule has 150 valence electrons. The van der Waals surface area contributed by atoms with E-state index in [4.69, 9.17) is 14.2 Å². The van der Waals surface area contributed by atoms with E-state index in [9.17, 15) is 9.59 Å². The third-order valence-electron chi connectivity index (χ3n) is 4.37. The fourth-order valence-electron chi connectivity index (χ4n) is 3.00. The Morgan fingerprint density at radius 1 is 1.19 bits per heavy atom. The number of carbonyl (C=O) groups excluding carboxylic acids is 2. The third-order valence-corrected chi connectivity index (χ3v) is 4.37. The van der Waals surface area contributed by atoms with Crippen molar-refractivity contribution in [1.29, 1.82) is 0 Å². The molecule has 0 saturated carbocycles. The molecule has 0 unspecified atom stereocenters. The van der Waals surface area contributed by atoms with Crippen LogP contribution in [0.15, 0.2) is 6.07 Å². The first-order chi connectivity index (χ1) is 12.7. The third kappa shape index (κ3) is 6.37. The van der Waals surface area contributed by atoms with E-state index in [0.29, 0.717) is 24.2 Å². The zero-order chi connectivity index (χ0) is 20.0. The summed E-state index contributed by atoms with van der Waals surface area (Å²) in [6.45, 7) is 7.14. The van der Waals surface area contributed by atoms with Gasteiger partial charge in [-0.1, -0.05) is 0 Å². The Hall–Kier alpha value is -2.38. The van der Waals surface area contributed by atoms with Crippen LogP contribution in [0.1, 0.15) is 56.9 Å². The highest BCUT2D eigenvalue weighted by molar-refractivity contribution is 5.87. The van der Waals surface area contributed by atoms with Crippen molar-refractivity contribution >= 4 is 17.9 Å². The molecular formula is C19H29N3O5. The molecule has 0 aromatic carbocycles. The topological polar surface area (TPSA) is 90.9 Å². The van der Waals surface area contributed by atoms with Gasteiger partial charge in [-0.25, -0.2) is 9.78 Å². The lowest BCUT2D eigenvalue weighted by Gasteiger charge is -2.32. The van der Waals surface area contributed by atoms with Crippen LogP contribution in [0.3, 0.4) is 0 Å². The quantitative estimate of drug-likeness (QED) is 0.697. The molecule has 8 heteroatoms. The summed E-state index contributed by atoms with van der Waals surface area (Å²) in [5, 5.41) is 0. The second-order valence-corrected chi connectivity index (χ2v) is 7.64. The largest absolute Gasteiger partial charge is 0.481 e. The fraction of sp³-hybridized carbons (Fsp3) is 0.684. The summed E-state index contributed by atoms with van der Waals surface area (Å²) in [7, 11) is 2.81. The molecule has 27 heavy (non-hydrogen) atoms. The molecule has 2 rings (SSSR count). The van der Waals surface area contributed by atoms with Crippen molar-refractivity contribution in [3.05, 3.63) is 11.8 Å². The van der Waals surface area contributed by atoms with Gasteiger partial charge in [0.1, 0.15) is 5.60 Å². The number of esters is 2. The minimum Gasteiger partial charge on any atom is -0.481 e. The van der Waals surface area contributed by atoms with Crippen LogP contribution in [-0.4, -0.2) is 54.8 Å². The average molecular weight is 379 g/mol. The first-order valence-corrected chi connectivity index (χ1v) is 9.20. The van der Waals surface area contributed by atoms with Crippen molar-refractivity contribution in [2.24, 2.45) is 5.92 Å². The van der Waals surface area contributed by atoms with E-state index >= 15 is 0 Å². The van der Waals surface area contributed by atoms with Crippen molar-refractivity contribution in [3.8, 4) is 5.88 Å². The van der Waals surface area contributed by atoms with E-state index in [0.717, 1.165) is 32.4 Å². The van der Waals surface area contributed by atoms with Gasteiger partial charge in [-0.2, -0.15) is 4.98 Å². The molecule has 0 bridgehead atoms. The highest BCUT2D eigenvalue weighted by Crippen LogP contribution is 2.26. The van der Waals surface area contributed by atoms with Gasteiger partial charge in [0, 0.05) is 25.6 Å². The number of ether oxygens (including phenoxy) is 3. The maximum atomic E-state index is 11.9. The highest BCUT2D eigenvalue weighted by Gasteiger charge is 2.24. The molecule has 8 nitrogen and oxygen atoms in total. The standard InChI is InChI=1S/C19H29N3O5/c1-19(2,3)27-16(23)7-6-13-8-10-22(11-9-13)18-20-14(17(24)26-5)12-15(21-18)25-4/h12-13H,6-11H2,1-5H3. The molecule has 1 aromatic heterocycles.